The number of carbonyl (C=O) groups is 1. The number of hydrogen-bond acceptors (Lipinski definition) is 6. The number of halogens is 2. The molecule has 0 aromatic heterocycles. The molecule has 2 fully saturated rings. The zero-order valence-electron chi connectivity index (χ0n) is 18.8. The molecule has 2 aromatic carbocycles. The Hall–Kier alpha value is -3.07. The van der Waals surface area contributed by atoms with Gasteiger partial charge in [-0.25, -0.2) is 0 Å². The molecule has 0 unspecified atom stereocenters. The third-order valence-electron chi connectivity index (χ3n) is 7.07. The maximum absolute atomic E-state index is 13.5. The maximum atomic E-state index is 13.5. The third kappa shape index (κ3) is 4.13. The van der Waals surface area contributed by atoms with Crippen LogP contribution in [0.25, 0.3) is 0 Å². The van der Waals surface area contributed by atoms with Crippen molar-refractivity contribution in [2.24, 2.45) is 5.92 Å². The van der Waals surface area contributed by atoms with Crippen LogP contribution in [0.4, 0.5) is 20.2 Å². The number of fused-ring (bicyclic) bond motifs is 4. The molecule has 2 aromatic rings. The summed E-state index contributed by atoms with van der Waals surface area (Å²) in [4.78, 5) is 16.4. The van der Waals surface area contributed by atoms with Crippen LogP contribution in [0.15, 0.2) is 36.4 Å². The molecule has 4 aliphatic rings. The number of nitrogens with one attached hydrogen (secondary N) is 1. The third-order valence-corrected chi connectivity index (χ3v) is 7.07. The fourth-order valence-electron chi connectivity index (χ4n) is 5.15. The number of alkyl halides is 2. The summed E-state index contributed by atoms with van der Waals surface area (Å²) in [5, 5.41) is 2.99. The fraction of sp³-hybridized carbons (Fsp3) is 0.480. The Morgan fingerprint density at radius 3 is 2.76 bits per heavy atom. The normalized spacial score (nSPS) is 24.3. The number of unbranched alkanes of at least 4 members (excludes halogenated alkanes) is 1. The predicted molar refractivity (Wildman–Crippen MR) is 122 cm³/mol. The van der Waals surface area contributed by atoms with E-state index in [0.717, 1.165) is 63.4 Å². The van der Waals surface area contributed by atoms with E-state index in [1.165, 1.54) is 11.6 Å². The topological polar surface area (TPSA) is 63.3 Å². The van der Waals surface area contributed by atoms with Gasteiger partial charge in [0.05, 0.1) is 12.3 Å². The standard InChI is InChI=1S/C25H27F2N3O4/c26-25(27)33-22-5-3-4-21(23(22)34-25)30-11-9-29(10-12-30)8-1-2-13-32-16-6-7-17-18-15-19(18)24(31)28-20(17)14-16/h3-7,14,18-19H,1-2,8-13,15H2,(H,28,31)/t18-,19-/m1/s1. The second-order valence-corrected chi connectivity index (χ2v) is 9.34. The van der Waals surface area contributed by atoms with Gasteiger partial charge >= 0.3 is 6.29 Å². The number of carbonyl (C=O) groups excluding carboxylic acids is 1. The van der Waals surface area contributed by atoms with Crippen LogP contribution in [0.2, 0.25) is 0 Å². The lowest BCUT2D eigenvalue weighted by Gasteiger charge is -2.36. The van der Waals surface area contributed by atoms with Crippen molar-refractivity contribution in [1.29, 1.82) is 0 Å². The van der Waals surface area contributed by atoms with Gasteiger partial charge in [-0.15, -0.1) is 8.78 Å². The first-order chi connectivity index (χ1) is 16.5. The predicted octanol–water partition coefficient (Wildman–Crippen LogP) is 4.04. The summed E-state index contributed by atoms with van der Waals surface area (Å²) in [5.41, 5.74) is 2.77. The lowest BCUT2D eigenvalue weighted by molar-refractivity contribution is -0.286. The Kier molecular flexibility index (Phi) is 5.24. The molecule has 0 spiro atoms. The van der Waals surface area contributed by atoms with E-state index in [4.69, 9.17) is 9.47 Å². The van der Waals surface area contributed by atoms with Gasteiger partial charge in [0.1, 0.15) is 5.75 Å². The first-order valence-electron chi connectivity index (χ1n) is 11.9. The van der Waals surface area contributed by atoms with Gasteiger partial charge in [0.25, 0.3) is 0 Å². The Morgan fingerprint density at radius 1 is 1.06 bits per heavy atom. The van der Waals surface area contributed by atoms with E-state index in [-0.39, 0.29) is 23.3 Å². The van der Waals surface area contributed by atoms with Crippen molar-refractivity contribution in [1.82, 2.24) is 4.90 Å². The van der Waals surface area contributed by atoms with Gasteiger partial charge in [-0.05, 0) is 55.5 Å². The van der Waals surface area contributed by atoms with Crippen LogP contribution in [0, 0.1) is 5.92 Å². The molecule has 34 heavy (non-hydrogen) atoms. The SMILES string of the molecule is O=C1Nc2cc(OCCCCN3CCN(c4cccc5c4OC(F)(F)O5)CC3)ccc2[C@H]2C[C@@H]12. The first kappa shape index (κ1) is 21.5. The minimum Gasteiger partial charge on any atom is -0.494 e. The van der Waals surface area contributed by atoms with E-state index < -0.39 is 6.29 Å². The summed E-state index contributed by atoms with van der Waals surface area (Å²) in [6.45, 7) is 4.78. The zero-order valence-corrected chi connectivity index (χ0v) is 18.8. The highest BCUT2D eigenvalue weighted by molar-refractivity contribution is 5.99. The van der Waals surface area contributed by atoms with Crippen molar-refractivity contribution in [2.75, 3.05) is 49.5 Å². The van der Waals surface area contributed by atoms with Crippen molar-refractivity contribution in [3.63, 3.8) is 0 Å². The van der Waals surface area contributed by atoms with E-state index in [1.807, 2.05) is 12.1 Å². The van der Waals surface area contributed by atoms with E-state index in [2.05, 4.69) is 25.9 Å². The van der Waals surface area contributed by atoms with Gasteiger partial charge < -0.3 is 24.4 Å². The van der Waals surface area contributed by atoms with Crippen molar-refractivity contribution in [3.8, 4) is 17.2 Å². The number of nitrogens with zero attached hydrogens (tertiary/aromatic N) is 2. The van der Waals surface area contributed by atoms with E-state index >= 15 is 0 Å². The van der Waals surface area contributed by atoms with E-state index in [0.29, 0.717) is 18.2 Å². The van der Waals surface area contributed by atoms with Crippen LogP contribution in [-0.4, -0.2) is 56.4 Å². The summed E-state index contributed by atoms with van der Waals surface area (Å²) >= 11 is 0. The van der Waals surface area contributed by atoms with Gasteiger partial charge in [-0.1, -0.05) is 12.1 Å². The molecule has 1 amide bonds. The highest BCUT2D eigenvalue weighted by Gasteiger charge is 2.48. The van der Waals surface area contributed by atoms with Crippen LogP contribution in [0.3, 0.4) is 0 Å². The molecule has 1 saturated heterocycles. The van der Waals surface area contributed by atoms with Gasteiger partial charge in [0.2, 0.25) is 5.91 Å². The van der Waals surface area contributed by atoms with E-state index in [9.17, 15) is 13.6 Å². The molecule has 1 N–H and O–H groups in total. The van der Waals surface area contributed by atoms with Crippen LogP contribution in [0.5, 0.6) is 17.2 Å². The summed E-state index contributed by atoms with van der Waals surface area (Å²) in [6, 6.07) is 11.0. The Balaban J connectivity index is 0.934. The lowest BCUT2D eigenvalue weighted by atomic mass is 10.0. The monoisotopic (exact) mass is 471 g/mol. The average molecular weight is 472 g/mol. The number of benzene rings is 2. The quantitative estimate of drug-likeness (QED) is 0.615. The number of piperazine rings is 1. The molecular weight excluding hydrogens is 444 g/mol. The highest BCUT2D eigenvalue weighted by Crippen LogP contribution is 2.53. The second kappa shape index (κ2) is 8.30. The molecule has 0 radical (unpaired) electrons. The minimum atomic E-state index is -3.60. The first-order valence-corrected chi connectivity index (χ1v) is 11.9. The van der Waals surface area contributed by atoms with Crippen LogP contribution in [-0.2, 0) is 4.79 Å². The molecule has 3 aliphatic heterocycles. The second-order valence-electron chi connectivity index (χ2n) is 9.34. The summed E-state index contributed by atoms with van der Waals surface area (Å²) in [7, 11) is 0. The van der Waals surface area contributed by atoms with Crippen LogP contribution >= 0.6 is 0 Å². The summed E-state index contributed by atoms with van der Waals surface area (Å²) in [6.07, 6.45) is -0.704. The largest absolute Gasteiger partial charge is 0.586 e. The minimum absolute atomic E-state index is 0.0861. The fourth-order valence-corrected chi connectivity index (χ4v) is 5.15. The zero-order chi connectivity index (χ0) is 23.3. The molecule has 2 atom stereocenters. The van der Waals surface area contributed by atoms with Crippen LogP contribution in [0.1, 0.15) is 30.7 Å². The number of para-hydroxylation sites is 1. The molecule has 1 saturated carbocycles. The molecule has 3 heterocycles. The summed E-state index contributed by atoms with van der Waals surface area (Å²) < 4.78 is 42.1. The number of amides is 1. The number of rotatable bonds is 7. The molecular formula is C25H27F2N3O4. The molecule has 6 rings (SSSR count). The van der Waals surface area contributed by atoms with Gasteiger partial charge in [-0.3, -0.25) is 9.69 Å². The Morgan fingerprint density at radius 2 is 1.91 bits per heavy atom. The molecule has 1 aliphatic carbocycles. The Labute approximate surface area is 196 Å². The maximum Gasteiger partial charge on any atom is 0.586 e. The molecule has 0 bridgehead atoms. The summed E-state index contributed by atoms with van der Waals surface area (Å²) in [5.74, 6) is 1.69. The van der Waals surface area contributed by atoms with Crippen molar-refractivity contribution >= 4 is 17.3 Å². The molecule has 180 valence electrons. The smallest absolute Gasteiger partial charge is 0.494 e. The average Bonchev–Trinajstić information content (AvgIpc) is 3.56. The van der Waals surface area contributed by atoms with E-state index in [1.54, 1.807) is 12.1 Å². The van der Waals surface area contributed by atoms with Crippen molar-refractivity contribution in [3.05, 3.63) is 42.0 Å². The van der Waals surface area contributed by atoms with Crippen LogP contribution < -0.4 is 24.4 Å². The Bertz CT molecular complexity index is 1100. The van der Waals surface area contributed by atoms with Gasteiger partial charge in [0.15, 0.2) is 11.5 Å². The van der Waals surface area contributed by atoms with Crippen molar-refractivity contribution < 1.29 is 27.8 Å². The molecule has 9 heteroatoms. The highest BCUT2D eigenvalue weighted by atomic mass is 19.3. The molecule has 7 nitrogen and oxygen atoms in total. The van der Waals surface area contributed by atoms with Crippen molar-refractivity contribution in [2.45, 2.75) is 31.5 Å². The van der Waals surface area contributed by atoms with Gasteiger partial charge in [0, 0.05) is 43.9 Å². The van der Waals surface area contributed by atoms with Gasteiger partial charge in [-0.2, -0.15) is 0 Å². The number of hydrogen-bond donors (Lipinski definition) is 1. The number of anilines is 2. The number of ether oxygens (including phenoxy) is 3. The lowest BCUT2D eigenvalue weighted by Crippen LogP contribution is -2.46.